The molecule has 21 heavy (non-hydrogen) atoms. The Kier molecular flexibility index (Phi) is 5.52. The number of halogens is 2. The third-order valence-corrected chi connectivity index (χ3v) is 3.99. The van der Waals surface area contributed by atoms with Crippen LogP contribution < -0.4 is 10.1 Å². The fourth-order valence-electron chi connectivity index (χ4n) is 1.61. The van der Waals surface area contributed by atoms with Gasteiger partial charge in [-0.2, -0.15) is 0 Å². The van der Waals surface area contributed by atoms with Crippen LogP contribution >= 0.6 is 24.0 Å². The van der Waals surface area contributed by atoms with Gasteiger partial charge in [-0.15, -0.1) is 0 Å². The highest BCUT2D eigenvalue weighted by molar-refractivity contribution is 8.22. The first-order valence-corrected chi connectivity index (χ1v) is 7.49. The van der Waals surface area contributed by atoms with Crippen LogP contribution in [-0.4, -0.2) is 11.4 Å². The zero-order valence-electron chi connectivity index (χ0n) is 11.2. The fraction of sp³-hybridized carbons (Fsp3) is 0.133. The van der Waals surface area contributed by atoms with Crippen LogP contribution in [0.5, 0.6) is 5.75 Å². The predicted molar refractivity (Wildman–Crippen MR) is 86.9 cm³/mol. The minimum Gasteiger partial charge on any atom is -0.497 e. The van der Waals surface area contributed by atoms with E-state index < -0.39 is 11.6 Å². The second-order valence-corrected chi connectivity index (χ2v) is 5.83. The first-order valence-electron chi connectivity index (χ1n) is 6.10. The normalized spacial score (nSPS) is 10.2. The lowest BCUT2D eigenvalue weighted by molar-refractivity contribution is 0.414. The van der Waals surface area contributed by atoms with E-state index in [2.05, 4.69) is 5.32 Å². The average molecular weight is 325 g/mol. The van der Waals surface area contributed by atoms with Crippen LogP contribution in [0.1, 0.15) is 5.56 Å². The van der Waals surface area contributed by atoms with E-state index in [1.807, 2.05) is 24.3 Å². The van der Waals surface area contributed by atoms with Crippen molar-refractivity contribution in [3.05, 3.63) is 59.7 Å². The summed E-state index contributed by atoms with van der Waals surface area (Å²) >= 11 is 6.51. The van der Waals surface area contributed by atoms with E-state index in [1.54, 1.807) is 7.11 Å². The summed E-state index contributed by atoms with van der Waals surface area (Å²) in [4.78, 5) is 0. The Balaban J connectivity index is 1.89. The number of anilines is 1. The molecule has 0 heterocycles. The minimum absolute atomic E-state index is 0.170. The quantitative estimate of drug-likeness (QED) is 0.829. The fourth-order valence-corrected chi connectivity index (χ4v) is 2.57. The van der Waals surface area contributed by atoms with Crippen molar-refractivity contribution in [3.8, 4) is 5.75 Å². The van der Waals surface area contributed by atoms with Crippen LogP contribution in [-0.2, 0) is 5.75 Å². The van der Waals surface area contributed by atoms with Gasteiger partial charge in [0.25, 0.3) is 0 Å². The third kappa shape index (κ3) is 4.68. The van der Waals surface area contributed by atoms with Crippen molar-refractivity contribution in [3.63, 3.8) is 0 Å². The summed E-state index contributed by atoms with van der Waals surface area (Å²) in [6.07, 6.45) is 0. The summed E-state index contributed by atoms with van der Waals surface area (Å²) < 4.78 is 31.8. The van der Waals surface area contributed by atoms with Gasteiger partial charge in [0, 0.05) is 11.8 Å². The number of nitrogens with one attached hydrogen (secondary N) is 1. The van der Waals surface area contributed by atoms with Crippen molar-refractivity contribution >= 4 is 34.0 Å². The van der Waals surface area contributed by atoms with Crippen molar-refractivity contribution < 1.29 is 13.5 Å². The van der Waals surface area contributed by atoms with E-state index in [0.717, 1.165) is 17.4 Å². The van der Waals surface area contributed by atoms with Gasteiger partial charge in [0.05, 0.1) is 12.8 Å². The molecule has 0 radical (unpaired) electrons. The molecule has 0 saturated carbocycles. The molecule has 110 valence electrons. The molecule has 2 rings (SSSR count). The molecular weight excluding hydrogens is 312 g/mol. The number of thiocarbonyl (C=S) groups is 1. The van der Waals surface area contributed by atoms with Gasteiger partial charge >= 0.3 is 0 Å². The molecule has 0 atom stereocenters. The van der Waals surface area contributed by atoms with Crippen molar-refractivity contribution in [1.82, 2.24) is 0 Å². The molecule has 0 aliphatic rings. The maximum absolute atomic E-state index is 13.5. The monoisotopic (exact) mass is 325 g/mol. The number of thioether (sulfide) groups is 1. The van der Waals surface area contributed by atoms with Gasteiger partial charge in [-0.3, -0.25) is 0 Å². The predicted octanol–water partition coefficient (Wildman–Crippen LogP) is 4.60. The van der Waals surface area contributed by atoms with Gasteiger partial charge in [0.1, 0.15) is 21.7 Å². The summed E-state index contributed by atoms with van der Waals surface area (Å²) in [6, 6.07) is 10.9. The highest BCUT2D eigenvalue weighted by atomic mass is 32.2. The van der Waals surface area contributed by atoms with Crippen LogP contribution in [0.15, 0.2) is 42.5 Å². The number of rotatable bonds is 4. The summed E-state index contributed by atoms with van der Waals surface area (Å²) in [5.41, 5.74) is 1.24. The molecule has 0 aliphatic heterocycles. The molecule has 1 N–H and O–H groups in total. The summed E-state index contributed by atoms with van der Waals surface area (Å²) in [6.45, 7) is 0. The molecule has 2 aromatic rings. The lowest BCUT2D eigenvalue weighted by Gasteiger charge is -2.09. The first-order chi connectivity index (χ1) is 10.1. The number of benzene rings is 2. The number of hydrogen-bond acceptors (Lipinski definition) is 3. The van der Waals surface area contributed by atoms with E-state index in [1.165, 1.54) is 23.9 Å². The largest absolute Gasteiger partial charge is 0.497 e. The second-order valence-electron chi connectivity index (χ2n) is 4.17. The minimum atomic E-state index is -0.664. The van der Waals surface area contributed by atoms with Gasteiger partial charge in [-0.25, -0.2) is 8.78 Å². The number of hydrogen-bond donors (Lipinski definition) is 1. The van der Waals surface area contributed by atoms with Crippen molar-refractivity contribution in [2.24, 2.45) is 0 Å². The highest BCUT2D eigenvalue weighted by Gasteiger charge is 2.06. The molecule has 0 spiro atoms. The van der Waals surface area contributed by atoms with Gasteiger partial charge in [0.2, 0.25) is 0 Å². The van der Waals surface area contributed by atoms with Crippen molar-refractivity contribution in [2.45, 2.75) is 5.75 Å². The molecule has 2 nitrogen and oxygen atoms in total. The van der Waals surface area contributed by atoms with Crippen LogP contribution in [0, 0.1) is 11.6 Å². The SMILES string of the molecule is COc1ccc(CSC(=S)Nc2ccc(F)cc2F)cc1. The Morgan fingerprint density at radius 2 is 1.90 bits per heavy atom. The first kappa shape index (κ1) is 15.7. The molecule has 0 fully saturated rings. The Morgan fingerprint density at radius 1 is 1.19 bits per heavy atom. The Hall–Kier alpha value is -1.66. The molecular formula is C15H13F2NOS2. The zero-order chi connectivity index (χ0) is 15.2. The lowest BCUT2D eigenvalue weighted by atomic mass is 10.2. The van der Waals surface area contributed by atoms with Crippen LogP contribution in [0.3, 0.4) is 0 Å². The summed E-state index contributed by atoms with van der Waals surface area (Å²) in [7, 11) is 1.61. The van der Waals surface area contributed by atoms with E-state index in [-0.39, 0.29) is 5.69 Å². The Labute approximate surface area is 131 Å². The standard InChI is InChI=1S/C15H13F2NOS2/c1-19-12-5-2-10(3-6-12)9-21-15(20)18-14-7-4-11(16)8-13(14)17/h2-8H,9H2,1H3,(H,18,20). The molecule has 0 unspecified atom stereocenters. The van der Waals surface area contributed by atoms with Crippen LogP contribution in [0.2, 0.25) is 0 Å². The van der Waals surface area contributed by atoms with E-state index in [0.29, 0.717) is 10.1 Å². The number of ether oxygens (including phenoxy) is 1. The van der Waals surface area contributed by atoms with Gasteiger partial charge < -0.3 is 10.1 Å². The molecule has 6 heteroatoms. The van der Waals surface area contributed by atoms with Gasteiger partial charge in [-0.05, 0) is 29.8 Å². The van der Waals surface area contributed by atoms with E-state index in [9.17, 15) is 8.78 Å². The maximum Gasteiger partial charge on any atom is 0.149 e. The average Bonchev–Trinajstić information content (AvgIpc) is 2.48. The maximum atomic E-state index is 13.5. The van der Waals surface area contributed by atoms with E-state index in [4.69, 9.17) is 17.0 Å². The zero-order valence-corrected chi connectivity index (χ0v) is 12.9. The Bertz CT molecular complexity index is 632. The molecule has 0 aliphatic carbocycles. The third-order valence-electron chi connectivity index (χ3n) is 2.70. The van der Waals surface area contributed by atoms with Crippen molar-refractivity contribution in [2.75, 3.05) is 12.4 Å². The molecule has 0 amide bonds. The molecule has 2 aromatic carbocycles. The van der Waals surface area contributed by atoms with Crippen LogP contribution in [0.25, 0.3) is 0 Å². The molecule has 0 aromatic heterocycles. The van der Waals surface area contributed by atoms with Crippen molar-refractivity contribution in [1.29, 1.82) is 0 Å². The smallest absolute Gasteiger partial charge is 0.149 e. The Morgan fingerprint density at radius 3 is 2.52 bits per heavy atom. The molecule has 0 saturated heterocycles. The number of methoxy groups -OCH3 is 1. The lowest BCUT2D eigenvalue weighted by Crippen LogP contribution is -2.06. The summed E-state index contributed by atoms with van der Waals surface area (Å²) in [5, 5.41) is 2.76. The molecule has 0 bridgehead atoms. The van der Waals surface area contributed by atoms with E-state index >= 15 is 0 Å². The van der Waals surface area contributed by atoms with Gasteiger partial charge in [0.15, 0.2) is 0 Å². The summed E-state index contributed by atoms with van der Waals surface area (Å²) in [5.74, 6) is 0.161. The highest BCUT2D eigenvalue weighted by Crippen LogP contribution is 2.21. The van der Waals surface area contributed by atoms with Crippen LogP contribution in [0.4, 0.5) is 14.5 Å². The topological polar surface area (TPSA) is 21.3 Å². The second kappa shape index (κ2) is 7.38. The van der Waals surface area contributed by atoms with Gasteiger partial charge in [-0.1, -0.05) is 36.1 Å².